The number of nitrogens with zero attached hydrogens (tertiary/aromatic N) is 3. The van der Waals surface area contributed by atoms with Crippen LogP contribution in [0.5, 0.6) is 0 Å². The third-order valence-corrected chi connectivity index (χ3v) is 4.38. The number of aromatic nitrogens is 3. The molecule has 0 radical (unpaired) electrons. The van der Waals surface area contributed by atoms with Gasteiger partial charge >= 0.3 is 0 Å². The van der Waals surface area contributed by atoms with Crippen molar-refractivity contribution in [2.45, 2.75) is 19.4 Å². The van der Waals surface area contributed by atoms with Crippen molar-refractivity contribution in [2.75, 3.05) is 5.73 Å². The number of aryl methyl sites for hydroxylation is 1. The van der Waals surface area contributed by atoms with Crippen LogP contribution in [0.2, 0.25) is 0 Å². The van der Waals surface area contributed by atoms with Crippen molar-refractivity contribution < 1.29 is 4.79 Å². The molecule has 0 amide bonds. The fourth-order valence-corrected chi connectivity index (χ4v) is 3.15. The average molecular weight is 330 g/mol. The molecule has 2 aromatic heterocycles. The number of nitrogens with two attached hydrogens (primary N) is 1. The molecule has 2 N–H and O–H groups in total. The normalized spacial score (nSPS) is 11.2. The standard InChI is InChI=1S/C20H18N4O/c21-20-18-19(15-9-4-5-10-16(15)23-20)24(13-22-18)12-6-11-17(25)14-7-2-1-3-8-14/h1-5,7-10,13H,6,11-12H2,(H2,21,23). The van der Waals surface area contributed by atoms with E-state index < -0.39 is 0 Å². The van der Waals surface area contributed by atoms with Gasteiger partial charge in [0.1, 0.15) is 5.52 Å². The van der Waals surface area contributed by atoms with Gasteiger partial charge in [-0.15, -0.1) is 0 Å². The van der Waals surface area contributed by atoms with Crippen LogP contribution in [0, 0.1) is 0 Å². The molecule has 0 atom stereocenters. The lowest BCUT2D eigenvalue weighted by Gasteiger charge is -2.07. The maximum Gasteiger partial charge on any atom is 0.162 e. The van der Waals surface area contributed by atoms with Gasteiger partial charge in [0.2, 0.25) is 0 Å². The first-order valence-electron chi connectivity index (χ1n) is 8.31. The molecule has 124 valence electrons. The third-order valence-electron chi connectivity index (χ3n) is 4.38. The monoisotopic (exact) mass is 330 g/mol. The predicted octanol–water partition coefficient (Wildman–Crippen LogP) is 3.83. The molecule has 5 nitrogen and oxygen atoms in total. The van der Waals surface area contributed by atoms with E-state index in [2.05, 4.69) is 14.5 Å². The number of hydrogen-bond acceptors (Lipinski definition) is 4. The molecule has 2 heterocycles. The van der Waals surface area contributed by atoms with Crippen molar-refractivity contribution in [1.82, 2.24) is 14.5 Å². The third kappa shape index (κ3) is 2.85. The van der Waals surface area contributed by atoms with Crippen molar-refractivity contribution in [2.24, 2.45) is 0 Å². The highest BCUT2D eigenvalue weighted by Crippen LogP contribution is 2.27. The molecule has 0 bridgehead atoms. The SMILES string of the molecule is Nc1nc2ccccc2c2c1ncn2CCCC(=O)c1ccccc1. The quantitative estimate of drug-likeness (QED) is 0.564. The minimum atomic E-state index is 0.163. The van der Waals surface area contributed by atoms with E-state index in [1.54, 1.807) is 6.33 Å². The number of carbonyl (C=O) groups is 1. The summed E-state index contributed by atoms with van der Waals surface area (Å²) in [7, 11) is 0. The second kappa shape index (κ2) is 6.36. The number of carbonyl (C=O) groups excluding carboxylic acids is 1. The number of hydrogen-bond donors (Lipinski definition) is 1. The van der Waals surface area contributed by atoms with Crippen molar-refractivity contribution in [3.8, 4) is 0 Å². The topological polar surface area (TPSA) is 73.8 Å². The van der Waals surface area contributed by atoms with E-state index in [1.165, 1.54) is 0 Å². The first-order chi connectivity index (χ1) is 12.2. The Kier molecular flexibility index (Phi) is 3.90. The zero-order chi connectivity index (χ0) is 17.2. The van der Waals surface area contributed by atoms with Crippen LogP contribution < -0.4 is 5.73 Å². The number of pyridine rings is 1. The van der Waals surface area contributed by atoms with E-state index in [1.807, 2.05) is 54.6 Å². The Bertz CT molecular complexity index is 1050. The summed E-state index contributed by atoms with van der Waals surface area (Å²) in [5.41, 5.74) is 9.36. The first kappa shape index (κ1) is 15.3. The summed E-state index contributed by atoms with van der Waals surface area (Å²) in [6.07, 6.45) is 3.03. The Morgan fingerprint density at radius 2 is 1.80 bits per heavy atom. The number of fused-ring (bicyclic) bond motifs is 3. The summed E-state index contributed by atoms with van der Waals surface area (Å²) in [6, 6.07) is 17.3. The van der Waals surface area contributed by atoms with Crippen LogP contribution in [-0.2, 0) is 6.54 Å². The number of rotatable bonds is 5. The van der Waals surface area contributed by atoms with Gasteiger partial charge in [0, 0.05) is 23.9 Å². The molecule has 5 heteroatoms. The maximum atomic E-state index is 12.2. The Labute approximate surface area is 145 Å². The largest absolute Gasteiger partial charge is 0.382 e. The van der Waals surface area contributed by atoms with Crippen LogP contribution >= 0.6 is 0 Å². The van der Waals surface area contributed by atoms with Gasteiger partial charge in [-0.05, 0) is 12.5 Å². The fraction of sp³-hybridized carbons (Fsp3) is 0.150. The zero-order valence-corrected chi connectivity index (χ0v) is 13.7. The molecule has 0 spiro atoms. The zero-order valence-electron chi connectivity index (χ0n) is 13.7. The number of Topliss-reactive ketones (excluding diaryl/α,β-unsaturated/α-hetero) is 1. The van der Waals surface area contributed by atoms with Crippen molar-refractivity contribution >= 4 is 33.5 Å². The molecule has 0 saturated heterocycles. The van der Waals surface area contributed by atoms with Crippen LogP contribution in [0.25, 0.3) is 21.9 Å². The fourth-order valence-electron chi connectivity index (χ4n) is 3.15. The lowest BCUT2D eigenvalue weighted by atomic mass is 10.1. The first-order valence-corrected chi connectivity index (χ1v) is 8.31. The lowest BCUT2D eigenvalue weighted by molar-refractivity contribution is 0.0978. The highest BCUT2D eigenvalue weighted by atomic mass is 16.1. The molecule has 0 saturated carbocycles. The predicted molar refractivity (Wildman–Crippen MR) is 99.5 cm³/mol. The van der Waals surface area contributed by atoms with Gasteiger partial charge in [0.15, 0.2) is 11.6 Å². The Balaban J connectivity index is 1.59. The summed E-state index contributed by atoms with van der Waals surface area (Å²) < 4.78 is 2.06. The van der Waals surface area contributed by atoms with Crippen LogP contribution in [0.15, 0.2) is 60.9 Å². The van der Waals surface area contributed by atoms with E-state index in [4.69, 9.17) is 5.73 Å². The minimum Gasteiger partial charge on any atom is -0.382 e. The van der Waals surface area contributed by atoms with E-state index in [-0.39, 0.29) is 5.78 Å². The second-order valence-corrected chi connectivity index (χ2v) is 6.04. The highest BCUT2D eigenvalue weighted by molar-refractivity contribution is 6.06. The Morgan fingerprint density at radius 3 is 2.64 bits per heavy atom. The van der Waals surface area contributed by atoms with Crippen molar-refractivity contribution in [3.63, 3.8) is 0 Å². The number of nitrogen functional groups attached to an aromatic ring is 1. The van der Waals surface area contributed by atoms with Crippen molar-refractivity contribution in [1.29, 1.82) is 0 Å². The smallest absolute Gasteiger partial charge is 0.162 e. The molecular formula is C20H18N4O. The molecule has 4 rings (SSSR count). The molecule has 0 aliphatic rings. The Morgan fingerprint density at radius 1 is 1.04 bits per heavy atom. The molecule has 4 aromatic rings. The lowest BCUT2D eigenvalue weighted by Crippen LogP contribution is -2.03. The highest BCUT2D eigenvalue weighted by Gasteiger charge is 2.12. The molecule has 0 unspecified atom stereocenters. The summed E-state index contributed by atoms with van der Waals surface area (Å²) >= 11 is 0. The van der Waals surface area contributed by atoms with Gasteiger partial charge in [-0.25, -0.2) is 9.97 Å². The summed E-state index contributed by atoms with van der Waals surface area (Å²) in [5, 5.41) is 1.03. The van der Waals surface area contributed by atoms with Gasteiger partial charge in [-0.3, -0.25) is 4.79 Å². The number of benzene rings is 2. The number of para-hydroxylation sites is 1. The maximum absolute atomic E-state index is 12.2. The van der Waals surface area contributed by atoms with Gasteiger partial charge in [0.25, 0.3) is 0 Å². The van der Waals surface area contributed by atoms with Gasteiger partial charge < -0.3 is 10.3 Å². The van der Waals surface area contributed by atoms with Crippen LogP contribution in [0.3, 0.4) is 0 Å². The van der Waals surface area contributed by atoms with E-state index in [0.29, 0.717) is 24.3 Å². The van der Waals surface area contributed by atoms with E-state index >= 15 is 0 Å². The number of ketones is 1. The minimum absolute atomic E-state index is 0.163. The average Bonchev–Trinajstić information content (AvgIpc) is 3.07. The van der Waals surface area contributed by atoms with Crippen LogP contribution in [-0.4, -0.2) is 20.3 Å². The van der Waals surface area contributed by atoms with Gasteiger partial charge in [-0.2, -0.15) is 0 Å². The van der Waals surface area contributed by atoms with Crippen molar-refractivity contribution in [3.05, 3.63) is 66.5 Å². The summed E-state index contributed by atoms with van der Waals surface area (Å²) in [6.45, 7) is 0.711. The molecule has 2 aromatic carbocycles. The second-order valence-electron chi connectivity index (χ2n) is 6.04. The van der Waals surface area contributed by atoms with Crippen LogP contribution in [0.1, 0.15) is 23.2 Å². The van der Waals surface area contributed by atoms with Gasteiger partial charge in [-0.1, -0.05) is 48.5 Å². The summed E-state index contributed by atoms with van der Waals surface area (Å²) in [5.74, 6) is 0.601. The molecule has 0 fully saturated rings. The molecule has 0 aliphatic heterocycles. The van der Waals surface area contributed by atoms with E-state index in [9.17, 15) is 4.79 Å². The van der Waals surface area contributed by atoms with E-state index in [0.717, 1.165) is 28.4 Å². The summed E-state index contributed by atoms with van der Waals surface area (Å²) in [4.78, 5) is 21.1. The van der Waals surface area contributed by atoms with Gasteiger partial charge in [0.05, 0.1) is 17.4 Å². The molecule has 0 aliphatic carbocycles. The number of imidazole rings is 1. The van der Waals surface area contributed by atoms with Crippen LogP contribution in [0.4, 0.5) is 5.82 Å². The number of anilines is 1. The Hall–Kier alpha value is -3.21. The molecule has 25 heavy (non-hydrogen) atoms. The molecular weight excluding hydrogens is 312 g/mol.